The Morgan fingerprint density at radius 1 is 1.27 bits per heavy atom. The van der Waals surface area contributed by atoms with Crippen LogP contribution in [0.1, 0.15) is 36.0 Å². The molecule has 1 aliphatic heterocycles. The van der Waals surface area contributed by atoms with Gasteiger partial charge in [0, 0.05) is 18.6 Å². The van der Waals surface area contributed by atoms with Gasteiger partial charge in [0.25, 0.3) is 0 Å². The highest BCUT2D eigenvalue weighted by Crippen LogP contribution is 2.29. The fourth-order valence-corrected chi connectivity index (χ4v) is 4.10. The number of aryl methyl sites for hydroxylation is 2. The van der Waals surface area contributed by atoms with E-state index in [9.17, 15) is 0 Å². The van der Waals surface area contributed by atoms with E-state index >= 15 is 0 Å². The molecule has 3 atom stereocenters. The second-order valence-corrected chi connectivity index (χ2v) is 6.97. The molecule has 0 amide bonds. The molecule has 1 saturated carbocycles. The zero-order valence-electron chi connectivity index (χ0n) is 14.0. The summed E-state index contributed by atoms with van der Waals surface area (Å²) in [7, 11) is 0. The van der Waals surface area contributed by atoms with Gasteiger partial charge in [-0.15, -0.1) is 0 Å². The molecule has 1 saturated heterocycles. The summed E-state index contributed by atoms with van der Waals surface area (Å²) in [5.41, 5.74) is 4.26. The number of hydrogen-bond donors (Lipinski definition) is 2. The van der Waals surface area contributed by atoms with Crippen LogP contribution in [0, 0.1) is 19.8 Å². The molecule has 2 aliphatic rings. The molecule has 1 heterocycles. The SMILES string of the molecule is Cc1ccc(CCNC2CCCC2C2COCCN2)c(C)c1. The van der Waals surface area contributed by atoms with Crippen LogP contribution in [0.5, 0.6) is 0 Å². The maximum atomic E-state index is 5.65. The molecule has 3 nitrogen and oxygen atoms in total. The molecule has 3 rings (SSSR count). The van der Waals surface area contributed by atoms with Gasteiger partial charge < -0.3 is 15.4 Å². The van der Waals surface area contributed by atoms with Crippen LogP contribution in [0.2, 0.25) is 0 Å². The summed E-state index contributed by atoms with van der Waals surface area (Å²) in [6.45, 7) is 8.24. The van der Waals surface area contributed by atoms with E-state index in [1.54, 1.807) is 0 Å². The first-order chi connectivity index (χ1) is 10.7. The standard InChI is InChI=1S/C19H30N2O/c1-14-6-7-16(15(2)12-14)8-9-20-18-5-3-4-17(18)19-13-22-11-10-21-19/h6-7,12,17-21H,3-5,8-11,13H2,1-2H3. The van der Waals surface area contributed by atoms with E-state index in [1.165, 1.54) is 36.0 Å². The van der Waals surface area contributed by atoms with Gasteiger partial charge in [-0.05, 0) is 56.7 Å². The normalized spacial score (nSPS) is 28.9. The summed E-state index contributed by atoms with van der Waals surface area (Å²) >= 11 is 0. The van der Waals surface area contributed by atoms with E-state index in [0.29, 0.717) is 12.1 Å². The molecule has 3 unspecified atom stereocenters. The van der Waals surface area contributed by atoms with Crippen LogP contribution in [0.4, 0.5) is 0 Å². The predicted octanol–water partition coefficient (Wildman–Crippen LogP) is 2.59. The first-order valence-electron chi connectivity index (χ1n) is 8.84. The first-order valence-corrected chi connectivity index (χ1v) is 8.84. The zero-order chi connectivity index (χ0) is 15.4. The van der Waals surface area contributed by atoms with Gasteiger partial charge in [0.2, 0.25) is 0 Å². The van der Waals surface area contributed by atoms with E-state index in [-0.39, 0.29) is 0 Å². The Bertz CT molecular complexity index is 482. The second-order valence-electron chi connectivity index (χ2n) is 6.97. The third-order valence-corrected chi connectivity index (χ3v) is 5.34. The molecular weight excluding hydrogens is 272 g/mol. The van der Waals surface area contributed by atoms with Gasteiger partial charge in [-0.2, -0.15) is 0 Å². The summed E-state index contributed by atoms with van der Waals surface area (Å²) in [4.78, 5) is 0. The van der Waals surface area contributed by atoms with Crippen molar-refractivity contribution in [3.8, 4) is 0 Å². The molecule has 0 aromatic heterocycles. The van der Waals surface area contributed by atoms with Crippen LogP contribution in [-0.4, -0.2) is 38.4 Å². The fraction of sp³-hybridized carbons (Fsp3) is 0.684. The van der Waals surface area contributed by atoms with Crippen molar-refractivity contribution in [2.75, 3.05) is 26.3 Å². The average Bonchev–Trinajstić information content (AvgIpc) is 2.99. The number of hydrogen-bond acceptors (Lipinski definition) is 3. The number of benzene rings is 1. The van der Waals surface area contributed by atoms with Crippen molar-refractivity contribution >= 4 is 0 Å². The third kappa shape index (κ3) is 3.89. The van der Waals surface area contributed by atoms with Crippen LogP contribution in [0.15, 0.2) is 18.2 Å². The molecule has 1 aliphatic carbocycles. The molecule has 22 heavy (non-hydrogen) atoms. The molecule has 122 valence electrons. The minimum Gasteiger partial charge on any atom is -0.379 e. The Morgan fingerprint density at radius 2 is 2.18 bits per heavy atom. The van der Waals surface area contributed by atoms with E-state index < -0.39 is 0 Å². The van der Waals surface area contributed by atoms with E-state index in [0.717, 1.165) is 38.6 Å². The minimum absolute atomic E-state index is 0.551. The zero-order valence-corrected chi connectivity index (χ0v) is 14.0. The van der Waals surface area contributed by atoms with Gasteiger partial charge in [-0.3, -0.25) is 0 Å². The number of nitrogens with one attached hydrogen (secondary N) is 2. The number of ether oxygens (including phenoxy) is 1. The monoisotopic (exact) mass is 302 g/mol. The Kier molecular flexibility index (Phi) is 5.51. The van der Waals surface area contributed by atoms with Gasteiger partial charge in [-0.1, -0.05) is 30.2 Å². The predicted molar refractivity (Wildman–Crippen MR) is 91.4 cm³/mol. The van der Waals surface area contributed by atoms with E-state index in [1.807, 2.05) is 0 Å². The molecule has 0 spiro atoms. The first kappa shape index (κ1) is 16.0. The quantitative estimate of drug-likeness (QED) is 0.877. The lowest BCUT2D eigenvalue weighted by molar-refractivity contribution is 0.0526. The maximum Gasteiger partial charge on any atom is 0.0623 e. The van der Waals surface area contributed by atoms with Crippen LogP contribution < -0.4 is 10.6 Å². The van der Waals surface area contributed by atoms with Crippen molar-refractivity contribution in [2.45, 2.75) is 51.6 Å². The topological polar surface area (TPSA) is 33.3 Å². The highest BCUT2D eigenvalue weighted by molar-refractivity contribution is 5.30. The Labute approximate surface area is 134 Å². The Hall–Kier alpha value is -0.900. The molecule has 2 N–H and O–H groups in total. The fourth-order valence-electron chi connectivity index (χ4n) is 4.10. The number of morpholine rings is 1. The molecule has 2 fully saturated rings. The summed E-state index contributed by atoms with van der Waals surface area (Å²) < 4.78 is 5.65. The van der Waals surface area contributed by atoms with Crippen molar-refractivity contribution in [3.05, 3.63) is 34.9 Å². The van der Waals surface area contributed by atoms with Crippen molar-refractivity contribution in [1.29, 1.82) is 0 Å². The Morgan fingerprint density at radius 3 is 2.95 bits per heavy atom. The third-order valence-electron chi connectivity index (χ3n) is 5.34. The van der Waals surface area contributed by atoms with Gasteiger partial charge >= 0.3 is 0 Å². The smallest absolute Gasteiger partial charge is 0.0623 e. The van der Waals surface area contributed by atoms with Gasteiger partial charge in [0.05, 0.1) is 13.2 Å². The van der Waals surface area contributed by atoms with Crippen LogP contribution in [0.25, 0.3) is 0 Å². The van der Waals surface area contributed by atoms with Gasteiger partial charge in [-0.25, -0.2) is 0 Å². The van der Waals surface area contributed by atoms with Crippen molar-refractivity contribution in [3.63, 3.8) is 0 Å². The lowest BCUT2D eigenvalue weighted by Gasteiger charge is -2.33. The summed E-state index contributed by atoms with van der Waals surface area (Å²) in [5.74, 6) is 0.736. The summed E-state index contributed by atoms with van der Waals surface area (Å²) in [6, 6.07) is 8.01. The second kappa shape index (κ2) is 7.58. The average molecular weight is 302 g/mol. The Balaban J connectivity index is 1.49. The lowest BCUT2D eigenvalue weighted by atomic mass is 9.93. The molecule has 3 heteroatoms. The highest BCUT2D eigenvalue weighted by atomic mass is 16.5. The highest BCUT2D eigenvalue weighted by Gasteiger charge is 2.34. The molecular formula is C19H30N2O. The summed E-state index contributed by atoms with van der Waals surface area (Å²) in [6.07, 6.45) is 5.13. The van der Waals surface area contributed by atoms with Crippen LogP contribution in [0.3, 0.4) is 0 Å². The summed E-state index contributed by atoms with van der Waals surface area (Å²) in [5, 5.41) is 7.47. The lowest BCUT2D eigenvalue weighted by Crippen LogP contribution is -2.51. The van der Waals surface area contributed by atoms with E-state index in [2.05, 4.69) is 42.7 Å². The van der Waals surface area contributed by atoms with Crippen LogP contribution in [-0.2, 0) is 11.2 Å². The maximum absolute atomic E-state index is 5.65. The van der Waals surface area contributed by atoms with Crippen molar-refractivity contribution in [1.82, 2.24) is 10.6 Å². The molecule has 1 aromatic rings. The van der Waals surface area contributed by atoms with Gasteiger partial charge in [0.15, 0.2) is 0 Å². The minimum atomic E-state index is 0.551. The molecule has 1 aromatic carbocycles. The molecule has 0 radical (unpaired) electrons. The van der Waals surface area contributed by atoms with Crippen molar-refractivity contribution < 1.29 is 4.74 Å². The number of rotatable bonds is 5. The van der Waals surface area contributed by atoms with E-state index in [4.69, 9.17) is 4.74 Å². The van der Waals surface area contributed by atoms with Gasteiger partial charge in [0.1, 0.15) is 0 Å². The van der Waals surface area contributed by atoms with Crippen molar-refractivity contribution in [2.24, 2.45) is 5.92 Å². The molecule has 0 bridgehead atoms. The largest absolute Gasteiger partial charge is 0.379 e. The van der Waals surface area contributed by atoms with Crippen LogP contribution >= 0.6 is 0 Å².